The first-order valence-corrected chi connectivity index (χ1v) is 6.82. The van der Waals surface area contributed by atoms with Crippen molar-refractivity contribution in [2.24, 2.45) is 0 Å². The summed E-state index contributed by atoms with van der Waals surface area (Å²) < 4.78 is 5.22. The van der Waals surface area contributed by atoms with Gasteiger partial charge >= 0.3 is 5.97 Å². The van der Waals surface area contributed by atoms with Crippen molar-refractivity contribution in [2.45, 2.75) is 0 Å². The number of hydroxylamine groups is 2. The van der Waals surface area contributed by atoms with E-state index in [1.165, 1.54) is 24.5 Å². The quantitative estimate of drug-likeness (QED) is 0.680. The Morgan fingerprint density at radius 2 is 1.65 bits per heavy atom. The van der Waals surface area contributed by atoms with Crippen LogP contribution in [-0.4, -0.2) is 22.8 Å². The maximum absolute atomic E-state index is 12.2. The number of furan rings is 1. The minimum Gasteiger partial charge on any atom is -0.464 e. The van der Waals surface area contributed by atoms with Crippen molar-refractivity contribution in [3.63, 3.8) is 0 Å². The Hall–Kier alpha value is -3.41. The van der Waals surface area contributed by atoms with Crippen molar-refractivity contribution in [3.05, 3.63) is 71.5 Å². The van der Waals surface area contributed by atoms with E-state index in [2.05, 4.69) is 0 Å². The highest BCUT2D eigenvalue weighted by Gasteiger charge is 2.38. The summed E-state index contributed by atoms with van der Waals surface area (Å²) in [5.74, 6) is -2.12. The summed E-state index contributed by atoms with van der Waals surface area (Å²) >= 11 is 0. The highest BCUT2D eigenvalue weighted by atomic mass is 16.7. The first kappa shape index (κ1) is 13.3. The zero-order chi connectivity index (χ0) is 16.0. The Morgan fingerprint density at radius 3 is 2.35 bits per heavy atom. The standard InChI is InChI=1S/C17H9NO5/c19-15-12-3-1-2-4-13(12)16(20)18(15)23-17(21)11-6-5-10-7-8-22-14(10)9-11/h1-9H. The number of carbonyl (C=O) groups is 3. The van der Waals surface area contributed by atoms with Gasteiger partial charge in [0.2, 0.25) is 0 Å². The van der Waals surface area contributed by atoms with Crippen LogP contribution in [0.15, 0.2) is 59.2 Å². The monoisotopic (exact) mass is 307 g/mol. The van der Waals surface area contributed by atoms with Gasteiger partial charge in [0.1, 0.15) is 5.58 Å². The van der Waals surface area contributed by atoms with Gasteiger partial charge in [-0.2, -0.15) is 0 Å². The van der Waals surface area contributed by atoms with Crippen LogP contribution in [0.2, 0.25) is 0 Å². The topological polar surface area (TPSA) is 76.8 Å². The van der Waals surface area contributed by atoms with E-state index in [1.54, 1.807) is 30.3 Å². The second-order valence-electron chi connectivity index (χ2n) is 5.00. The summed E-state index contributed by atoms with van der Waals surface area (Å²) in [6.45, 7) is 0. The van der Waals surface area contributed by atoms with Gasteiger partial charge in [-0.1, -0.05) is 23.3 Å². The average molecular weight is 307 g/mol. The lowest BCUT2D eigenvalue weighted by Crippen LogP contribution is -2.32. The number of imide groups is 1. The third kappa shape index (κ3) is 2.00. The van der Waals surface area contributed by atoms with Gasteiger partial charge in [0.05, 0.1) is 23.0 Å². The van der Waals surface area contributed by atoms with Crippen molar-refractivity contribution in [1.82, 2.24) is 5.06 Å². The summed E-state index contributed by atoms with van der Waals surface area (Å²) in [6, 6.07) is 12.8. The Morgan fingerprint density at radius 1 is 0.957 bits per heavy atom. The highest BCUT2D eigenvalue weighted by molar-refractivity contribution is 6.21. The maximum atomic E-state index is 12.2. The number of benzene rings is 2. The molecule has 0 bridgehead atoms. The second kappa shape index (κ2) is 4.81. The van der Waals surface area contributed by atoms with Gasteiger partial charge in [0, 0.05) is 5.39 Å². The van der Waals surface area contributed by atoms with Gasteiger partial charge in [0.25, 0.3) is 11.8 Å². The molecule has 0 spiro atoms. The normalized spacial score (nSPS) is 13.5. The average Bonchev–Trinajstić information content (AvgIpc) is 3.13. The van der Waals surface area contributed by atoms with Crippen molar-refractivity contribution in [3.8, 4) is 0 Å². The van der Waals surface area contributed by atoms with E-state index in [4.69, 9.17) is 9.25 Å². The first-order chi connectivity index (χ1) is 11.1. The van der Waals surface area contributed by atoms with E-state index in [-0.39, 0.29) is 16.7 Å². The smallest absolute Gasteiger partial charge is 0.364 e. The number of rotatable bonds is 2. The number of amides is 2. The molecule has 23 heavy (non-hydrogen) atoms. The fraction of sp³-hybridized carbons (Fsp3) is 0. The Labute approximate surface area is 129 Å². The zero-order valence-electron chi connectivity index (χ0n) is 11.7. The lowest BCUT2D eigenvalue weighted by Gasteiger charge is -2.12. The van der Waals surface area contributed by atoms with Gasteiger partial charge in [-0.05, 0) is 30.3 Å². The molecular weight excluding hydrogens is 298 g/mol. The van der Waals surface area contributed by atoms with Crippen LogP contribution in [0.3, 0.4) is 0 Å². The van der Waals surface area contributed by atoms with Crippen LogP contribution in [0.1, 0.15) is 31.1 Å². The van der Waals surface area contributed by atoms with Gasteiger partial charge < -0.3 is 9.25 Å². The van der Waals surface area contributed by atoms with E-state index in [9.17, 15) is 14.4 Å². The molecule has 0 atom stereocenters. The molecule has 0 N–H and O–H groups in total. The predicted octanol–water partition coefficient (Wildman–Crippen LogP) is 2.80. The van der Waals surface area contributed by atoms with E-state index >= 15 is 0 Å². The summed E-state index contributed by atoms with van der Waals surface area (Å²) in [5.41, 5.74) is 1.13. The molecule has 4 rings (SSSR count). The van der Waals surface area contributed by atoms with E-state index in [0.29, 0.717) is 10.6 Å². The molecular formula is C17H9NO5. The van der Waals surface area contributed by atoms with E-state index in [1.807, 2.05) is 0 Å². The first-order valence-electron chi connectivity index (χ1n) is 6.82. The minimum atomic E-state index is -0.808. The van der Waals surface area contributed by atoms with Crippen LogP contribution in [0, 0.1) is 0 Å². The molecule has 0 aliphatic carbocycles. The van der Waals surface area contributed by atoms with Gasteiger partial charge in [-0.15, -0.1) is 0 Å². The Balaban J connectivity index is 1.62. The molecule has 0 fully saturated rings. The van der Waals surface area contributed by atoms with E-state index < -0.39 is 17.8 Å². The fourth-order valence-corrected chi connectivity index (χ4v) is 2.47. The lowest BCUT2D eigenvalue weighted by molar-refractivity contribution is -0.0584. The van der Waals surface area contributed by atoms with Crippen LogP contribution in [0.25, 0.3) is 11.0 Å². The number of hydrogen-bond acceptors (Lipinski definition) is 5. The molecule has 2 amide bonds. The Kier molecular flexibility index (Phi) is 2.77. The van der Waals surface area contributed by atoms with Crippen LogP contribution in [0.5, 0.6) is 0 Å². The van der Waals surface area contributed by atoms with Gasteiger partial charge in [-0.3, -0.25) is 9.59 Å². The highest BCUT2D eigenvalue weighted by Crippen LogP contribution is 2.24. The van der Waals surface area contributed by atoms with Crippen molar-refractivity contribution >= 4 is 28.8 Å². The van der Waals surface area contributed by atoms with Crippen molar-refractivity contribution in [1.29, 1.82) is 0 Å². The number of fused-ring (bicyclic) bond motifs is 2. The predicted molar refractivity (Wildman–Crippen MR) is 78.6 cm³/mol. The van der Waals surface area contributed by atoms with Crippen LogP contribution in [-0.2, 0) is 4.84 Å². The summed E-state index contributed by atoms with van der Waals surface area (Å²) in [6.07, 6.45) is 1.50. The van der Waals surface area contributed by atoms with Gasteiger partial charge in [0.15, 0.2) is 0 Å². The molecule has 112 valence electrons. The summed E-state index contributed by atoms with van der Waals surface area (Å²) in [7, 11) is 0. The molecule has 2 heterocycles. The fourth-order valence-electron chi connectivity index (χ4n) is 2.47. The molecule has 0 saturated heterocycles. The molecule has 2 aromatic carbocycles. The number of hydrogen-bond donors (Lipinski definition) is 0. The maximum Gasteiger partial charge on any atom is 0.364 e. The summed E-state index contributed by atoms with van der Waals surface area (Å²) in [5, 5.41) is 1.32. The number of carbonyl (C=O) groups excluding carboxylic acids is 3. The minimum absolute atomic E-state index is 0.184. The summed E-state index contributed by atoms with van der Waals surface area (Å²) in [4.78, 5) is 41.5. The van der Waals surface area contributed by atoms with Crippen LogP contribution in [0.4, 0.5) is 0 Å². The largest absolute Gasteiger partial charge is 0.464 e. The molecule has 1 aromatic heterocycles. The molecule has 0 radical (unpaired) electrons. The number of nitrogens with zero attached hydrogens (tertiary/aromatic N) is 1. The van der Waals surface area contributed by atoms with Crippen LogP contribution < -0.4 is 0 Å². The van der Waals surface area contributed by atoms with Crippen molar-refractivity contribution in [2.75, 3.05) is 0 Å². The zero-order valence-corrected chi connectivity index (χ0v) is 11.7. The molecule has 3 aromatic rings. The third-order valence-electron chi connectivity index (χ3n) is 3.62. The van der Waals surface area contributed by atoms with Crippen LogP contribution >= 0.6 is 0 Å². The van der Waals surface area contributed by atoms with E-state index in [0.717, 1.165) is 5.39 Å². The molecule has 6 heteroatoms. The molecule has 1 aliphatic heterocycles. The Bertz CT molecular complexity index is 937. The SMILES string of the molecule is O=C(ON1C(=O)c2ccccc2C1=O)c1ccc2ccoc2c1. The lowest BCUT2D eigenvalue weighted by atomic mass is 10.1. The molecule has 1 aliphatic rings. The second-order valence-corrected chi connectivity index (χ2v) is 5.00. The van der Waals surface area contributed by atoms with Gasteiger partial charge in [-0.25, -0.2) is 4.79 Å². The molecule has 0 saturated carbocycles. The third-order valence-corrected chi connectivity index (χ3v) is 3.62. The molecule has 6 nitrogen and oxygen atoms in total. The molecule has 0 unspecified atom stereocenters. The van der Waals surface area contributed by atoms with Crippen molar-refractivity contribution < 1.29 is 23.6 Å².